The number of likely N-dealkylation sites (tertiary alicyclic amines) is 1. The summed E-state index contributed by atoms with van der Waals surface area (Å²) in [5.74, 6) is -0.259. The highest BCUT2D eigenvalue weighted by Crippen LogP contribution is 2.18. The third kappa shape index (κ3) is 4.45. The number of sulfone groups is 1. The lowest BCUT2D eigenvalue weighted by atomic mass is 9.99. The van der Waals surface area contributed by atoms with Gasteiger partial charge in [0.05, 0.1) is 6.42 Å². The van der Waals surface area contributed by atoms with Crippen molar-refractivity contribution in [2.75, 3.05) is 18.8 Å². The quantitative estimate of drug-likeness (QED) is 0.802. The van der Waals surface area contributed by atoms with Crippen LogP contribution < -0.4 is 0 Å². The Labute approximate surface area is 147 Å². The molecule has 0 saturated carbocycles. The van der Waals surface area contributed by atoms with Gasteiger partial charge in [-0.05, 0) is 24.3 Å². The van der Waals surface area contributed by atoms with E-state index < -0.39 is 26.7 Å². The molecular weight excluding hydrogens is 342 g/mol. The Morgan fingerprint density at radius 1 is 1.20 bits per heavy atom. The summed E-state index contributed by atoms with van der Waals surface area (Å²) in [6.45, 7) is 3.32. The van der Waals surface area contributed by atoms with E-state index in [4.69, 9.17) is 4.42 Å². The molecule has 0 spiro atoms. The van der Waals surface area contributed by atoms with Gasteiger partial charge in [-0.2, -0.15) is 0 Å². The van der Waals surface area contributed by atoms with Gasteiger partial charge in [0, 0.05) is 13.1 Å². The molecule has 0 bridgehead atoms. The first-order chi connectivity index (χ1) is 11.9. The molecule has 1 aromatic carbocycles. The van der Waals surface area contributed by atoms with Crippen molar-refractivity contribution in [2.24, 2.45) is 5.92 Å². The molecule has 25 heavy (non-hydrogen) atoms. The first kappa shape index (κ1) is 17.6. The molecule has 8 heteroatoms. The number of rotatable bonds is 5. The maximum Gasteiger partial charge on any atom is 0.336 e. The number of piperidine rings is 1. The van der Waals surface area contributed by atoms with Gasteiger partial charge in [0.15, 0.2) is 0 Å². The minimum absolute atomic E-state index is 0.212. The monoisotopic (exact) mass is 363 g/mol. The molecule has 1 aliphatic heterocycles. The van der Waals surface area contributed by atoms with Crippen LogP contribution in [0.2, 0.25) is 0 Å². The molecule has 0 N–H and O–H groups in total. The van der Waals surface area contributed by atoms with Crippen molar-refractivity contribution >= 4 is 15.7 Å². The number of benzene rings is 1. The third-order valence-corrected chi connectivity index (χ3v) is 5.69. The molecule has 0 radical (unpaired) electrons. The summed E-state index contributed by atoms with van der Waals surface area (Å²) in [6, 6.07) is 9.42. The Bertz CT molecular complexity index is 825. The average molecular weight is 363 g/mol. The predicted molar refractivity (Wildman–Crippen MR) is 90.6 cm³/mol. The van der Waals surface area contributed by atoms with Gasteiger partial charge in [0.2, 0.25) is 21.6 Å². The van der Waals surface area contributed by atoms with E-state index in [9.17, 15) is 13.2 Å². The standard InChI is InChI=1S/C17H21N3O4S/c1-13-7-9-20(10-8-13)16(21)12-25(22,23)17-19-18-15(24-17)11-14-5-3-2-4-6-14/h2-6,13H,7-12H2,1H3. The van der Waals surface area contributed by atoms with Crippen LogP contribution in [0.25, 0.3) is 0 Å². The van der Waals surface area contributed by atoms with Crippen LogP contribution in [0.5, 0.6) is 0 Å². The Balaban J connectivity index is 1.65. The first-order valence-corrected chi connectivity index (χ1v) is 9.96. The molecule has 1 aromatic heterocycles. The van der Waals surface area contributed by atoms with Crippen LogP contribution in [0.3, 0.4) is 0 Å². The fourth-order valence-corrected chi connectivity index (χ4v) is 3.80. The van der Waals surface area contributed by atoms with Gasteiger partial charge in [-0.3, -0.25) is 4.79 Å². The van der Waals surface area contributed by atoms with E-state index in [1.165, 1.54) is 0 Å². The van der Waals surface area contributed by atoms with E-state index in [1.54, 1.807) is 4.90 Å². The smallest absolute Gasteiger partial charge is 0.336 e. The number of nitrogens with zero attached hydrogens (tertiary/aromatic N) is 3. The molecule has 1 saturated heterocycles. The van der Waals surface area contributed by atoms with Crippen LogP contribution in [-0.4, -0.2) is 48.3 Å². The zero-order chi connectivity index (χ0) is 17.9. The van der Waals surface area contributed by atoms with Crippen LogP contribution in [0.4, 0.5) is 0 Å². The van der Waals surface area contributed by atoms with E-state index in [2.05, 4.69) is 17.1 Å². The van der Waals surface area contributed by atoms with E-state index in [0.717, 1.165) is 18.4 Å². The van der Waals surface area contributed by atoms with Crippen LogP contribution in [0.1, 0.15) is 31.2 Å². The lowest BCUT2D eigenvalue weighted by Gasteiger charge is -2.30. The van der Waals surface area contributed by atoms with E-state index >= 15 is 0 Å². The van der Waals surface area contributed by atoms with Gasteiger partial charge in [0.1, 0.15) is 5.75 Å². The number of carbonyl (C=O) groups is 1. The molecule has 134 valence electrons. The second-order valence-electron chi connectivity index (χ2n) is 6.45. The second kappa shape index (κ2) is 7.35. The molecule has 7 nitrogen and oxygen atoms in total. The van der Waals surface area contributed by atoms with Gasteiger partial charge < -0.3 is 9.32 Å². The Hall–Kier alpha value is -2.22. The zero-order valence-corrected chi connectivity index (χ0v) is 14.9. The topological polar surface area (TPSA) is 93.4 Å². The van der Waals surface area contributed by atoms with Gasteiger partial charge in [-0.25, -0.2) is 8.42 Å². The van der Waals surface area contributed by atoms with Crippen LogP contribution in [0, 0.1) is 5.92 Å². The van der Waals surface area contributed by atoms with E-state index in [0.29, 0.717) is 25.4 Å². The molecule has 1 fully saturated rings. The normalized spacial score (nSPS) is 16.1. The first-order valence-electron chi connectivity index (χ1n) is 8.31. The summed E-state index contributed by atoms with van der Waals surface area (Å²) in [5, 5.41) is 6.92. The SMILES string of the molecule is CC1CCN(C(=O)CS(=O)(=O)c2nnc(Cc3ccccc3)o2)CC1. The molecule has 1 aliphatic rings. The molecule has 0 aliphatic carbocycles. The molecule has 3 rings (SSSR count). The van der Waals surface area contributed by atoms with Gasteiger partial charge >= 0.3 is 5.22 Å². The van der Waals surface area contributed by atoms with Crippen LogP contribution >= 0.6 is 0 Å². The minimum atomic E-state index is -3.93. The van der Waals surface area contributed by atoms with Gasteiger partial charge in [0.25, 0.3) is 0 Å². The number of amides is 1. The summed E-state index contributed by atoms with van der Waals surface area (Å²) in [5.41, 5.74) is 0.939. The highest BCUT2D eigenvalue weighted by atomic mass is 32.2. The number of aromatic nitrogens is 2. The molecule has 2 aromatic rings. The van der Waals surface area contributed by atoms with Crippen molar-refractivity contribution in [2.45, 2.75) is 31.4 Å². The summed E-state index contributed by atoms with van der Waals surface area (Å²) in [4.78, 5) is 13.8. The lowest BCUT2D eigenvalue weighted by Crippen LogP contribution is -2.41. The van der Waals surface area contributed by atoms with Crippen LogP contribution in [-0.2, 0) is 21.1 Å². The van der Waals surface area contributed by atoms with Crippen molar-refractivity contribution in [1.29, 1.82) is 0 Å². The molecule has 0 atom stereocenters. The van der Waals surface area contributed by atoms with Crippen molar-refractivity contribution in [1.82, 2.24) is 15.1 Å². The maximum atomic E-state index is 12.4. The Morgan fingerprint density at radius 3 is 2.56 bits per heavy atom. The molecular formula is C17H21N3O4S. The average Bonchev–Trinajstić information content (AvgIpc) is 3.05. The summed E-state index contributed by atoms with van der Waals surface area (Å²) >= 11 is 0. The predicted octanol–water partition coefficient (Wildman–Crippen LogP) is 1.69. The van der Waals surface area contributed by atoms with Crippen LogP contribution in [0.15, 0.2) is 40.0 Å². The zero-order valence-electron chi connectivity index (χ0n) is 14.1. The molecule has 1 amide bonds. The lowest BCUT2D eigenvalue weighted by molar-refractivity contribution is -0.129. The number of hydrogen-bond acceptors (Lipinski definition) is 6. The summed E-state index contributed by atoms with van der Waals surface area (Å²) in [6.07, 6.45) is 2.14. The van der Waals surface area contributed by atoms with E-state index in [-0.39, 0.29) is 5.89 Å². The van der Waals surface area contributed by atoms with Crippen molar-refractivity contribution < 1.29 is 17.6 Å². The van der Waals surface area contributed by atoms with Crippen molar-refractivity contribution in [3.63, 3.8) is 0 Å². The molecule has 2 heterocycles. The summed E-state index contributed by atoms with van der Waals surface area (Å²) in [7, 11) is -3.93. The largest absolute Gasteiger partial charge is 0.412 e. The maximum absolute atomic E-state index is 12.4. The molecule has 0 unspecified atom stereocenters. The fraction of sp³-hybridized carbons (Fsp3) is 0.471. The Morgan fingerprint density at radius 2 is 1.88 bits per heavy atom. The minimum Gasteiger partial charge on any atom is -0.412 e. The summed E-state index contributed by atoms with van der Waals surface area (Å²) < 4.78 is 30.0. The van der Waals surface area contributed by atoms with E-state index in [1.807, 2.05) is 30.3 Å². The highest BCUT2D eigenvalue weighted by molar-refractivity contribution is 7.91. The number of hydrogen-bond donors (Lipinski definition) is 0. The van der Waals surface area contributed by atoms with Gasteiger partial charge in [-0.15, -0.1) is 5.10 Å². The van der Waals surface area contributed by atoms with Gasteiger partial charge in [-0.1, -0.05) is 42.4 Å². The fourth-order valence-electron chi connectivity index (χ4n) is 2.78. The van der Waals surface area contributed by atoms with Crippen molar-refractivity contribution in [3.8, 4) is 0 Å². The number of carbonyl (C=O) groups excluding carboxylic acids is 1. The second-order valence-corrected chi connectivity index (χ2v) is 8.31. The highest BCUT2D eigenvalue weighted by Gasteiger charge is 2.29. The third-order valence-electron chi connectivity index (χ3n) is 4.36. The Kier molecular flexibility index (Phi) is 5.17. The van der Waals surface area contributed by atoms with Crippen molar-refractivity contribution in [3.05, 3.63) is 41.8 Å².